The Hall–Kier alpha value is -3.95. The van der Waals surface area contributed by atoms with E-state index in [1.165, 1.54) is 12.1 Å². The Morgan fingerprint density at radius 1 is 1.00 bits per heavy atom. The Morgan fingerprint density at radius 2 is 1.63 bits per heavy atom. The lowest BCUT2D eigenvalue weighted by Crippen LogP contribution is -2.35. The number of nitrogens with zero attached hydrogens (tertiary/aromatic N) is 2. The third-order valence-corrected chi connectivity index (χ3v) is 7.69. The molecule has 0 saturated carbocycles. The van der Waals surface area contributed by atoms with Gasteiger partial charge in [-0.3, -0.25) is 0 Å². The van der Waals surface area contributed by atoms with Gasteiger partial charge in [-0.05, 0) is 57.8 Å². The number of hydrazone groups is 1. The van der Waals surface area contributed by atoms with Crippen molar-refractivity contribution >= 4 is 26.7 Å². The van der Waals surface area contributed by atoms with Crippen LogP contribution in [-0.4, -0.2) is 44.8 Å². The van der Waals surface area contributed by atoms with E-state index < -0.39 is 27.5 Å². The molecule has 0 aliphatic heterocycles. The van der Waals surface area contributed by atoms with E-state index in [4.69, 9.17) is 4.42 Å². The third-order valence-electron chi connectivity index (χ3n) is 6.46. The quantitative estimate of drug-likeness (QED) is 0.187. The Bertz CT molecular complexity index is 1610. The summed E-state index contributed by atoms with van der Waals surface area (Å²) in [7, 11) is -0.162. The molecular formula is C29H31N3O5S. The zero-order valence-corrected chi connectivity index (χ0v) is 22.6. The first-order chi connectivity index (χ1) is 18.1. The smallest absolute Gasteiger partial charge is 0.343 e. The van der Waals surface area contributed by atoms with Crippen LogP contribution in [0.5, 0.6) is 5.75 Å². The molecule has 0 saturated heterocycles. The van der Waals surface area contributed by atoms with E-state index >= 15 is 0 Å². The van der Waals surface area contributed by atoms with Crippen molar-refractivity contribution in [1.29, 1.82) is 0 Å². The lowest BCUT2D eigenvalue weighted by molar-refractivity contribution is 0.346. The minimum Gasteiger partial charge on any atom is -0.507 e. The zero-order chi connectivity index (χ0) is 27.4. The van der Waals surface area contributed by atoms with Gasteiger partial charge in [-0.2, -0.15) is 13.5 Å². The predicted molar refractivity (Wildman–Crippen MR) is 149 cm³/mol. The highest BCUT2D eigenvalue weighted by molar-refractivity contribution is 7.89. The molecule has 0 spiro atoms. The van der Waals surface area contributed by atoms with Gasteiger partial charge in [0.2, 0.25) is 0 Å². The van der Waals surface area contributed by atoms with Gasteiger partial charge in [-0.1, -0.05) is 60.2 Å². The van der Waals surface area contributed by atoms with E-state index in [1.54, 1.807) is 43.3 Å². The van der Waals surface area contributed by atoms with E-state index in [0.717, 1.165) is 11.1 Å². The van der Waals surface area contributed by atoms with Crippen LogP contribution >= 0.6 is 0 Å². The molecule has 0 bridgehead atoms. The molecule has 38 heavy (non-hydrogen) atoms. The Morgan fingerprint density at radius 3 is 2.29 bits per heavy atom. The fourth-order valence-corrected chi connectivity index (χ4v) is 5.40. The summed E-state index contributed by atoms with van der Waals surface area (Å²) in [4.78, 5) is 17.7. The summed E-state index contributed by atoms with van der Waals surface area (Å²) in [6.07, 6.45) is 0. The number of para-hydroxylation sites is 1. The van der Waals surface area contributed by atoms with Crippen LogP contribution in [0.1, 0.15) is 29.5 Å². The van der Waals surface area contributed by atoms with E-state index in [1.807, 2.05) is 56.3 Å². The summed E-state index contributed by atoms with van der Waals surface area (Å²) in [5, 5.41) is 16.0. The molecular weight excluding hydrogens is 502 g/mol. The molecule has 0 unspecified atom stereocenters. The minimum absolute atomic E-state index is 0.0937. The molecule has 9 heteroatoms. The van der Waals surface area contributed by atoms with E-state index in [0.29, 0.717) is 17.6 Å². The molecule has 2 atom stereocenters. The van der Waals surface area contributed by atoms with Crippen molar-refractivity contribution in [2.45, 2.75) is 24.7 Å². The van der Waals surface area contributed by atoms with Crippen LogP contribution in [0.3, 0.4) is 0 Å². The predicted octanol–water partition coefficient (Wildman–Crippen LogP) is 4.47. The molecule has 3 aromatic carbocycles. The first-order valence-electron chi connectivity index (χ1n) is 12.2. The second-order valence-electron chi connectivity index (χ2n) is 9.57. The number of aryl methyl sites for hydroxylation is 1. The van der Waals surface area contributed by atoms with Crippen molar-refractivity contribution in [3.63, 3.8) is 0 Å². The number of fused-ring (bicyclic) bond motifs is 1. The first-order valence-corrected chi connectivity index (χ1v) is 13.6. The van der Waals surface area contributed by atoms with Gasteiger partial charge in [0.05, 0.1) is 15.8 Å². The molecule has 2 N–H and O–H groups in total. The van der Waals surface area contributed by atoms with Crippen molar-refractivity contribution in [3.05, 3.63) is 106 Å². The summed E-state index contributed by atoms with van der Waals surface area (Å²) < 4.78 is 31.5. The first kappa shape index (κ1) is 27.1. The standard InChI is InChI=1S/C29H31N3O5S/c1-19-14-16-22(17-15-19)38(35,36)31-30-20(2)24(18-32(3)4)26(21-10-6-5-7-11-21)27-28(33)23-12-8-9-13-25(23)37-29(27)34/h5-17,24,26,31,33H,18H2,1-4H3/b30-20-/t24-,26+/m0/s1. The number of nitrogens with one attached hydrogen (secondary N) is 1. The summed E-state index contributed by atoms with van der Waals surface area (Å²) in [5.41, 5.74) is 1.85. The summed E-state index contributed by atoms with van der Waals surface area (Å²) in [6, 6.07) is 22.6. The largest absolute Gasteiger partial charge is 0.507 e. The van der Waals surface area contributed by atoms with Gasteiger partial charge in [0.25, 0.3) is 10.0 Å². The van der Waals surface area contributed by atoms with Gasteiger partial charge >= 0.3 is 5.63 Å². The molecule has 1 heterocycles. The second kappa shape index (κ2) is 11.2. The molecule has 4 rings (SSSR count). The number of sulfonamides is 1. The fraction of sp³-hybridized carbons (Fsp3) is 0.241. The van der Waals surface area contributed by atoms with E-state index in [2.05, 4.69) is 9.93 Å². The highest BCUT2D eigenvalue weighted by Gasteiger charge is 2.34. The van der Waals surface area contributed by atoms with E-state index in [9.17, 15) is 18.3 Å². The summed E-state index contributed by atoms with van der Waals surface area (Å²) in [6.45, 7) is 3.99. The maximum atomic E-state index is 13.3. The summed E-state index contributed by atoms with van der Waals surface area (Å²) in [5.74, 6) is -1.34. The van der Waals surface area contributed by atoms with Crippen molar-refractivity contribution in [2.75, 3.05) is 20.6 Å². The molecule has 0 aliphatic carbocycles. The van der Waals surface area contributed by atoms with Crippen LogP contribution in [0.25, 0.3) is 11.0 Å². The average Bonchev–Trinajstić information content (AvgIpc) is 2.89. The van der Waals surface area contributed by atoms with Gasteiger partial charge in [-0.25, -0.2) is 9.63 Å². The second-order valence-corrected chi connectivity index (χ2v) is 11.2. The van der Waals surface area contributed by atoms with Gasteiger partial charge < -0.3 is 14.4 Å². The number of hydrogen-bond acceptors (Lipinski definition) is 7. The molecule has 1 aromatic heterocycles. The van der Waals surface area contributed by atoms with Crippen LogP contribution in [0.2, 0.25) is 0 Å². The van der Waals surface area contributed by atoms with E-state index in [-0.39, 0.29) is 21.8 Å². The molecule has 0 radical (unpaired) electrons. The summed E-state index contributed by atoms with van der Waals surface area (Å²) >= 11 is 0. The van der Waals surface area contributed by atoms with Crippen LogP contribution in [-0.2, 0) is 10.0 Å². The van der Waals surface area contributed by atoms with Gasteiger partial charge in [0.1, 0.15) is 11.3 Å². The lowest BCUT2D eigenvalue weighted by Gasteiger charge is -2.30. The normalized spacial score (nSPS) is 14.0. The topological polar surface area (TPSA) is 112 Å². The SMILES string of the molecule is C/C(=N/NS(=O)(=O)c1ccc(C)cc1)[C@H](CN(C)C)[C@@H](c1ccccc1)c1c(O)c2ccccc2oc1=O. The number of rotatable bonds is 9. The molecule has 0 aliphatic rings. The monoisotopic (exact) mass is 533 g/mol. The highest BCUT2D eigenvalue weighted by atomic mass is 32.2. The highest BCUT2D eigenvalue weighted by Crippen LogP contribution is 2.39. The maximum absolute atomic E-state index is 13.3. The van der Waals surface area contributed by atoms with Crippen molar-refractivity contribution in [3.8, 4) is 5.75 Å². The average molecular weight is 534 g/mol. The van der Waals surface area contributed by atoms with Crippen molar-refractivity contribution < 1.29 is 17.9 Å². The van der Waals surface area contributed by atoms with Crippen LogP contribution < -0.4 is 10.5 Å². The van der Waals surface area contributed by atoms with Crippen LogP contribution in [0, 0.1) is 12.8 Å². The minimum atomic E-state index is -3.91. The van der Waals surface area contributed by atoms with Crippen molar-refractivity contribution in [2.24, 2.45) is 11.0 Å². The molecule has 198 valence electrons. The van der Waals surface area contributed by atoms with Gasteiger partial charge in [-0.15, -0.1) is 0 Å². The van der Waals surface area contributed by atoms with Crippen molar-refractivity contribution in [1.82, 2.24) is 9.73 Å². The zero-order valence-electron chi connectivity index (χ0n) is 21.8. The van der Waals surface area contributed by atoms with Crippen LogP contribution in [0.4, 0.5) is 0 Å². The number of benzene rings is 3. The number of aromatic hydroxyl groups is 1. The Labute approximate surface area is 222 Å². The molecule has 4 aromatic rings. The Balaban J connectivity index is 1.85. The Kier molecular flexibility index (Phi) is 7.99. The number of hydrogen-bond donors (Lipinski definition) is 2. The maximum Gasteiger partial charge on any atom is 0.343 e. The van der Waals surface area contributed by atoms with Crippen LogP contribution in [0.15, 0.2) is 98.1 Å². The van der Waals surface area contributed by atoms with Gasteiger partial charge in [0.15, 0.2) is 0 Å². The molecule has 0 fully saturated rings. The van der Waals surface area contributed by atoms with Gasteiger partial charge in [0, 0.05) is 24.1 Å². The molecule has 8 nitrogen and oxygen atoms in total. The fourth-order valence-electron chi connectivity index (χ4n) is 4.54. The lowest BCUT2D eigenvalue weighted by atomic mass is 9.78. The molecule has 0 amide bonds. The third kappa shape index (κ3) is 5.79.